The minimum atomic E-state index is -0.167. The van der Waals surface area contributed by atoms with Crippen LogP contribution >= 0.6 is 0 Å². The van der Waals surface area contributed by atoms with Crippen molar-refractivity contribution in [1.29, 1.82) is 0 Å². The van der Waals surface area contributed by atoms with Crippen molar-refractivity contribution in [2.24, 2.45) is 0 Å². The molecule has 0 aliphatic heterocycles. The summed E-state index contributed by atoms with van der Waals surface area (Å²) in [6, 6.07) is 7.41. The number of hydrogen-bond acceptors (Lipinski definition) is 5. The predicted octanol–water partition coefficient (Wildman–Crippen LogP) is 2.13. The molecule has 0 saturated heterocycles. The fourth-order valence-corrected chi connectivity index (χ4v) is 1.76. The van der Waals surface area contributed by atoms with Gasteiger partial charge in [0, 0.05) is 12.2 Å². The Balaban J connectivity index is 2.01. The number of carbonyl (C=O) groups is 1. The zero-order chi connectivity index (χ0) is 14.4. The Bertz CT molecular complexity index is 580. The maximum Gasteiger partial charge on any atom is 0.253 e. The molecule has 1 aromatic carbocycles. The zero-order valence-electron chi connectivity index (χ0n) is 11.6. The first-order chi connectivity index (χ1) is 9.70. The molecule has 1 heterocycles. The van der Waals surface area contributed by atoms with Gasteiger partial charge in [0.1, 0.15) is 0 Å². The van der Waals surface area contributed by atoms with E-state index in [2.05, 4.69) is 27.7 Å². The molecular formula is C14H18N4O2. The highest BCUT2D eigenvalue weighted by molar-refractivity contribution is 5.99. The molecule has 20 heavy (non-hydrogen) atoms. The standard InChI is InChI=1S/C14H18N4O2/c1-3-8-15-12-7-5-4-6-11(12)14(19)16-9-13-17-10(2)18-20-13/h4-7,15H,3,8-9H2,1-2H3,(H,16,19). The third-order valence-corrected chi connectivity index (χ3v) is 2.71. The molecule has 0 saturated carbocycles. The first-order valence-corrected chi connectivity index (χ1v) is 6.61. The van der Waals surface area contributed by atoms with Crippen molar-refractivity contribution in [2.75, 3.05) is 11.9 Å². The summed E-state index contributed by atoms with van der Waals surface area (Å²) >= 11 is 0. The van der Waals surface area contributed by atoms with E-state index in [-0.39, 0.29) is 12.5 Å². The third-order valence-electron chi connectivity index (χ3n) is 2.71. The van der Waals surface area contributed by atoms with Crippen LogP contribution in [0.3, 0.4) is 0 Å². The maximum absolute atomic E-state index is 12.2. The number of para-hydroxylation sites is 1. The number of aryl methyl sites for hydroxylation is 1. The molecule has 106 valence electrons. The van der Waals surface area contributed by atoms with E-state index in [4.69, 9.17) is 4.52 Å². The number of nitrogens with one attached hydrogen (secondary N) is 2. The highest BCUT2D eigenvalue weighted by Gasteiger charge is 2.11. The van der Waals surface area contributed by atoms with Gasteiger partial charge in [-0.25, -0.2) is 0 Å². The molecule has 0 spiro atoms. The molecule has 2 N–H and O–H groups in total. The summed E-state index contributed by atoms with van der Waals surface area (Å²) < 4.78 is 4.95. The van der Waals surface area contributed by atoms with Crippen LogP contribution in [0.25, 0.3) is 0 Å². The van der Waals surface area contributed by atoms with E-state index in [0.29, 0.717) is 17.3 Å². The van der Waals surface area contributed by atoms with Crippen LogP contribution in [-0.4, -0.2) is 22.6 Å². The number of aromatic nitrogens is 2. The minimum absolute atomic E-state index is 0.167. The molecule has 0 aliphatic carbocycles. The van der Waals surface area contributed by atoms with Crippen LogP contribution in [0.4, 0.5) is 5.69 Å². The second-order valence-electron chi connectivity index (χ2n) is 4.39. The Morgan fingerprint density at radius 2 is 2.15 bits per heavy atom. The van der Waals surface area contributed by atoms with E-state index >= 15 is 0 Å². The van der Waals surface area contributed by atoms with Crippen molar-refractivity contribution >= 4 is 11.6 Å². The van der Waals surface area contributed by atoms with E-state index in [9.17, 15) is 4.79 Å². The molecule has 6 heteroatoms. The van der Waals surface area contributed by atoms with Gasteiger partial charge in [0.15, 0.2) is 5.82 Å². The number of hydrogen-bond donors (Lipinski definition) is 2. The average Bonchev–Trinajstić information content (AvgIpc) is 2.88. The molecule has 0 atom stereocenters. The summed E-state index contributed by atoms with van der Waals surface area (Å²) in [4.78, 5) is 16.2. The molecule has 0 aliphatic rings. The van der Waals surface area contributed by atoms with Gasteiger partial charge in [0.2, 0.25) is 5.89 Å². The van der Waals surface area contributed by atoms with Crippen molar-refractivity contribution in [2.45, 2.75) is 26.8 Å². The Hall–Kier alpha value is -2.37. The molecule has 6 nitrogen and oxygen atoms in total. The third kappa shape index (κ3) is 3.57. The van der Waals surface area contributed by atoms with E-state index in [1.165, 1.54) is 0 Å². The van der Waals surface area contributed by atoms with E-state index < -0.39 is 0 Å². The maximum atomic E-state index is 12.2. The van der Waals surface area contributed by atoms with Crippen molar-refractivity contribution in [3.8, 4) is 0 Å². The monoisotopic (exact) mass is 274 g/mol. The Labute approximate surface area is 117 Å². The molecule has 2 aromatic rings. The summed E-state index contributed by atoms with van der Waals surface area (Å²) in [6.07, 6.45) is 0.997. The largest absolute Gasteiger partial charge is 0.384 e. The number of nitrogens with zero attached hydrogens (tertiary/aromatic N) is 2. The van der Waals surface area contributed by atoms with E-state index in [1.54, 1.807) is 13.0 Å². The van der Waals surface area contributed by atoms with Gasteiger partial charge in [-0.2, -0.15) is 4.98 Å². The van der Waals surface area contributed by atoms with Crippen molar-refractivity contribution in [3.63, 3.8) is 0 Å². The van der Waals surface area contributed by atoms with Gasteiger partial charge in [-0.1, -0.05) is 24.2 Å². The second kappa shape index (κ2) is 6.70. The van der Waals surface area contributed by atoms with Crippen LogP contribution in [0.15, 0.2) is 28.8 Å². The molecule has 0 bridgehead atoms. The Morgan fingerprint density at radius 3 is 2.85 bits per heavy atom. The van der Waals surface area contributed by atoms with Gasteiger partial charge in [0.05, 0.1) is 12.1 Å². The summed E-state index contributed by atoms with van der Waals surface area (Å²) in [5.74, 6) is 0.786. The van der Waals surface area contributed by atoms with Crippen LogP contribution < -0.4 is 10.6 Å². The topological polar surface area (TPSA) is 80.0 Å². The average molecular weight is 274 g/mol. The number of anilines is 1. The summed E-state index contributed by atoms with van der Waals surface area (Å²) in [5.41, 5.74) is 1.44. The van der Waals surface area contributed by atoms with E-state index in [1.807, 2.05) is 18.2 Å². The van der Waals surface area contributed by atoms with Crippen molar-refractivity contribution in [3.05, 3.63) is 41.5 Å². The SMILES string of the molecule is CCCNc1ccccc1C(=O)NCc1nc(C)no1. The zero-order valence-corrected chi connectivity index (χ0v) is 11.6. The van der Waals surface area contributed by atoms with Gasteiger partial charge in [0.25, 0.3) is 5.91 Å². The van der Waals surface area contributed by atoms with E-state index in [0.717, 1.165) is 18.7 Å². The van der Waals surface area contributed by atoms with Crippen LogP contribution in [0, 0.1) is 6.92 Å². The van der Waals surface area contributed by atoms with Gasteiger partial charge in [-0.05, 0) is 25.5 Å². The first-order valence-electron chi connectivity index (χ1n) is 6.61. The molecule has 0 unspecified atom stereocenters. The second-order valence-corrected chi connectivity index (χ2v) is 4.39. The van der Waals surface area contributed by atoms with Crippen molar-refractivity contribution in [1.82, 2.24) is 15.5 Å². The number of benzene rings is 1. The van der Waals surface area contributed by atoms with Crippen LogP contribution in [0.5, 0.6) is 0 Å². The molecule has 1 amide bonds. The molecule has 2 rings (SSSR count). The van der Waals surface area contributed by atoms with Gasteiger partial charge in [-0.3, -0.25) is 4.79 Å². The van der Waals surface area contributed by atoms with Crippen LogP contribution in [-0.2, 0) is 6.54 Å². The minimum Gasteiger partial charge on any atom is -0.384 e. The summed E-state index contributed by atoms with van der Waals surface area (Å²) in [5, 5.41) is 9.68. The Morgan fingerprint density at radius 1 is 1.35 bits per heavy atom. The lowest BCUT2D eigenvalue weighted by Gasteiger charge is -2.10. The normalized spacial score (nSPS) is 10.3. The quantitative estimate of drug-likeness (QED) is 0.843. The fraction of sp³-hybridized carbons (Fsp3) is 0.357. The fourth-order valence-electron chi connectivity index (χ4n) is 1.76. The van der Waals surface area contributed by atoms with Gasteiger partial charge >= 0.3 is 0 Å². The molecule has 0 radical (unpaired) electrons. The van der Waals surface area contributed by atoms with Crippen molar-refractivity contribution < 1.29 is 9.32 Å². The van der Waals surface area contributed by atoms with Crippen LogP contribution in [0.2, 0.25) is 0 Å². The first kappa shape index (κ1) is 14.0. The number of rotatable bonds is 6. The molecule has 1 aromatic heterocycles. The van der Waals surface area contributed by atoms with Gasteiger partial charge in [-0.15, -0.1) is 0 Å². The highest BCUT2D eigenvalue weighted by atomic mass is 16.5. The summed E-state index contributed by atoms with van der Waals surface area (Å²) in [7, 11) is 0. The molecular weight excluding hydrogens is 256 g/mol. The van der Waals surface area contributed by atoms with Crippen LogP contribution in [0.1, 0.15) is 35.4 Å². The number of carbonyl (C=O) groups excluding carboxylic acids is 1. The highest BCUT2D eigenvalue weighted by Crippen LogP contribution is 2.15. The lowest BCUT2D eigenvalue weighted by Crippen LogP contribution is -2.24. The smallest absolute Gasteiger partial charge is 0.253 e. The Kier molecular flexibility index (Phi) is 4.70. The lowest BCUT2D eigenvalue weighted by atomic mass is 10.1. The number of amides is 1. The summed E-state index contributed by atoms with van der Waals surface area (Å²) in [6.45, 7) is 4.86. The van der Waals surface area contributed by atoms with Gasteiger partial charge < -0.3 is 15.2 Å². The lowest BCUT2D eigenvalue weighted by molar-refractivity contribution is 0.0947. The predicted molar refractivity (Wildman–Crippen MR) is 75.4 cm³/mol. The molecule has 0 fully saturated rings.